The van der Waals surface area contributed by atoms with Gasteiger partial charge in [-0.1, -0.05) is 40.5 Å². The zero-order chi connectivity index (χ0) is 20.5. The monoisotopic (exact) mass is 406 g/mol. The summed E-state index contributed by atoms with van der Waals surface area (Å²) < 4.78 is 37.7. The fraction of sp³-hybridized carbons (Fsp3) is 1.00. The summed E-state index contributed by atoms with van der Waals surface area (Å²) in [5.74, 6) is 0.508. The summed E-state index contributed by atoms with van der Waals surface area (Å²) in [5, 5.41) is 0. The van der Waals surface area contributed by atoms with Gasteiger partial charge in [0.15, 0.2) is 0 Å². The smallest absolute Gasteiger partial charge is 0.208 e. The first-order valence-electron chi connectivity index (χ1n) is 10.4. The van der Waals surface area contributed by atoms with Gasteiger partial charge in [-0.2, -0.15) is 0 Å². The first kappa shape index (κ1) is 24.8. The normalized spacial score (nSPS) is 20.4. The second-order valence-corrected chi connectivity index (χ2v) is 10.7. The topological polar surface area (TPSA) is 67.9 Å². The molecule has 0 aromatic carbocycles. The molecule has 1 N–H and O–H groups in total. The van der Waals surface area contributed by atoms with Gasteiger partial charge in [0.2, 0.25) is 10.0 Å². The van der Waals surface area contributed by atoms with Crippen LogP contribution in [0.15, 0.2) is 0 Å². The predicted octanol–water partition coefficient (Wildman–Crippen LogP) is 2.88. The van der Waals surface area contributed by atoms with Crippen molar-refractivity contribution >= 4 is 10.0 Å². The molecule has 27 heavy (non-hydrogen) atoms. The number of sulfonamides is 1. The minimum Gasteiger partial charge on any atom is -0.379 e. The summed E-state index contributed by atoms with van der Waals surface area (Å²) in [6.45, 7) is 15.9. The molecule has 1 saturated heterocycles. The molecule has 0 aliphatic carbocycles. The van der Waals surface area contributed by atoms with Gasteiger partial charge >= 0.3 is 0 Å². The van der Waals surface area contributed by atoms with Gasteiger partial charge < -0.3 is 9.47 Å². The van der Waals surface area contributed by atoms with Crippen molar-refractivity contribution in [2.45, 2.75) is 72.5 Å². The predicted molar refractivity (Wildman–Crippen MR) is 112 cm³/mol. The average molecular weight is 407 g/mol. The highest BCUT2D eigenvalue weighted by atomic mass is 32.2. The van der Waals surface area contributed by atoms with Crippen LogP contribution in [0, 0.1) is 11.3 Å². The molecule has 0 saturated carbocycles. The minimum atomic E-state index is -3.24. The Balaban J connectivity index is 2.69. The molecular formula is C20H42N2O4S. The van der Waals surface area contributed by atoms with Gasteiger partial charge in [-0.25, -0.2) is 13.1 Å². The summed E-state index contributed by atoms with van der Waals surface area (Å²) in [6, 6.07) is 0. The number of rotatable bonds is 13. The fourth-order valence-corrected chi connectivity index (χ4v) is 4.35. The van der Waals surface area contributed by atoms with Gasteiger partial charge in [0, 0.05) is 26.2 Å². The molecule has 3 atom stereocenters. The van der Waals surface area contributed by atoms with Gasteiger partial charge in [0.1, 0.15) is 0 Å². The van der Waals surface area contributed by atoms with E-state index in [1.54, 1.807) is 0 Å². The van der Waals surface area contributed by atoms with E-state index in [0.717, 1.165) is 58.5 Å². The maximum Gasteiger partial charge on any atom is 0.208 e. The van der Waals surface area contributed by atoms with Crippen LogP contribution >= 0.6 is 0 Å². The Bertz CT molecular complexity index is 504. The Hall–Kier alpha value is -0.210. The van der Waals surface area contributed by atoms with Gasteiger partial charge in [-0.05, 0) is 31.1 Å². The van der Waals surface area contributed by atoms with Crippen molar-refractivity contribution in [1.29, 1.82) is 0 Å². The van der Waals surface area contributed by atoms with E-state index in [-0.39, 0.29) is 17.6 Å². The highest BCUT2D eigenvalue weighted by Crippen LogP contribution is 2.33. The van der Waals surface area contributed by atoms with Crippen molar-refractivity contribution in [3.63, 3.8) is 0 Å². The molecule has 0 spiro atoms. The van der Waals surface area contributed by atoms with Crippen LogP contribution in [0.3, 0.4) is 0 Å². The highest BCUT2D eigenvalue weighted by Gasteiger charge is 2.34. The SMILES string of the molecule is CCCCC(C)OC(CNS(C)(=O)=O)C(C)(C)CC(C)CN1CCOCC1. The van der Waals surface area contributed by atoms with Crippen molar-refractivity contribution in [2.24, 2.45) is 11.3 Å². The summed E-state index contributed by atoms with van der Waals surface area (Å²) in [6.07, 6.45) is 5.45. The number of hydrogen-bond donors (Lipinski definition) is 1. The largest absolute Gasteiger partial charge is 0.379 e. The number of nitrogens with one attached hydrogen (secondary N) is 1. The van der Waals surface area contributed by atoms with Crippen LogP contribution in [0.2, 0.25) is 0 Å². The van der Waals surface area contributed by atoms with E-state index in [4.69, 9.17) is 9.47 Å². The lowest BCUT2D eigenvalue weighted by Crippen LogP contribution is -2.45. The highest BCUT2D eigenvalue weighted by molar-refractivity contribution is 7.88. The van der Waals surface area contributed by atoms with Crippen molar-refractivity contribution in [2.75, 3.05) is 45.6 Å². The Morgan fingerprint density at radius 1 is 1.22 bits per heavy atom. The van der Waals surface area contributed by atoms with Crippen LogP contribution in [-0.4, -0.2) is 71.2 Å². The van der Waals surface area contributed by atoms with Crippen molar-refractivity contribution in [3.05, 3.63) is 0 Å². The van der Waals surface area contributed by atoms with E-state index in [2.05, 4.69) is 44.2 Å². The maximum absolute atomic E-state index is 11.6. The second-order valence-electron chi connectivity index (χ2n) is 8.91. The molecule has 0 aromatic heterocycles. The van der Waals surface area contributed by atoms with Crippen LogP contribution in [0.5, 0.6) is 0 Å². The number of nitrogens with zero attached hydrogens (tertiary/aromatic N) is 1. The number of morpholine rings is 1. The van der Waals surface area contributed by atoms with Gasteiger partial charge in [-0.15, -0.1) is 0 Å². The number of unbranched alkanes of at least 4 members (excludes halogenated alkanes) is 1. The number of hydrogen-bond acceptors (Lipinski definition) is 5. The third-order valence-corrected chi connectivity index (χ3v) is 6.00. The lowest BCUT2D eigenvalue weighted by Gasteiger charge is -2.39. The standard InChI is InChI=1S/C20H42N2O4S/c1-7-8-9-18(3)26-19(15-21-27(6,23)24)20(4,5)14-17(2)16-22-10-12-25-13-11-22/h17-19,21H,7-16H2,1-6H3. The first-order chi connectivity index (χ1) is 12.5. The van der Waals surface area contributed by atoms with Crippen LogP contribution in [0.4, 0.5) is 0 Å². The summed E-state index contributed by atoms with van der Waals surface area (Å²) >= 11 is 0. The Morgan fingerprint density at radius 3 is 2.41 bits per heavy atom. The molecular weight excluding hydrogens is 364 g/mol. The van der Waals surface area contributed by atoms with Crippen LogP contribution in [-0.2, 0) is 19.5 Å². The zero-order valence-electron chi connectivity index (χ0n) is 18.3. The lowest BCUT2D eigenvalue weighted by atomic mass is 9.78. The Kier molecular flexibility index (Phi) is 10.8. The van der Waals surface area contributed by atoms with Crippen LogP contribution in [0.1, 0.15) is 60.3 Å². The van der Waals surface area contributed by atoms with E-state index in [9.17, 15) is 8.42 Å². The van der Waals surface area contributed by atoms with E-state index < -0.39 is 10.0 Å². The molecule has 1 heterocycles. The summed E-state index contributed by atoms with van der Waals surface area (Å²) in [4.78, 5) is 2.46. The third kappa shape index (κ3) is 10.8. The van der Waals surface area contributed by atoms with Crippen LogP contribution < -0.4 is 4.72 Å². The molecule has 1 rings (SSSR count). The van der Waals surface area contributed by atoms with Crippen molar-refractivity contribution < 1.29 is 17.9 Å². The Morgan fingerprint density at radius 2 is 1.85 bits per heavy atom. The van der Waals surface area contributed by atoms with Gasteiger partial charge in [0.25, 0.3) is 0 Å². The molecule has 0 bridgehead atoms. The molecule has 1 fully saturated rings. The number of ether oxygens (including phenoxy) is 2. The van der Waals surface area contributed by atoms with E-state index in [0.29, 0.717) is 12.5 Å². The van der Waals surface area contributed by atoms with Gasteiger partial charge in [0.05, 0.1) is 31.7 Å². The lowest BCUT2D eigenvalue weighted by molar-refractivity contribution is -0.0730. The molecule has 0 aromatic rings. The molecule has 6 nitrogen and oxygen atoms in total. The van der Waals surface area contributed by atoms with Crippen molar-refractivity contribution in [1.82, 2.24) is 9.62 Å². The van der Waals surface area contributed by atoms with E-state index in [1.807, 2.05) is 0 Å². The molecule has 3 unspecified atom stereocenters. The summed E-state index contributed by atoms with van der Waals surface area (Å²) in [7, 11) is -3.24. The fourth-order valence-electron chi connectivity index (χ4n) is 3.89. The molecule has 1 aliphatic rings. The van der Waals surface area contributed by atoms with Crippen molar-refractivity contribution in [3.8, 4) is 0 Å². The molecule has 1 aliphatic heterocycles. The van der Waals surface area contributed by atoms with E-state index >= 15 is 0 Å². The molecule has 0 radical (unpaired) electrons. The van der Waals surface area contributed by atoms with Crippen LogP contribution in [0.25, 0.3) is 0 Å². The molecule has 0 amide bonds. The first-order valence-corrected chi connectivity index (χ1v) is 12.3. The van der Waals surface area contributed by atoms with E-state index in [1.165, 1.54) is 6.26 Å². The maximum atomic E-state index is 11.6. The second kappa shape index (κ2) is 11.7. The van der Waals surface area contributed by atoms with Gasteiger partial charge in [-0.3, -0.25) is 4.90 Å². The Labute approximate surface area is 167 Å². The molecule has 162 valence electrons. The average Bonchev–Trinajstić information content (AvgIpc) is 2.56. The minimum absolute atomic E-state index is 0.121. The molecule has 7 heteroatoms. The third-order valence-electron chi connectivity index (χ3n) is 5.31. The quantitative estimate of drug-likeness (QED) is 0.509. The summed E-state index contributed by atoms with van der Waals surface area (Å²) in [5.41, 5.74) is -0.121. The zero-order valence-corrected chi connectivity index (χ0v) is 19.1.